The molecule has 1 N–H and O–H groups in total. The molecule has 31 heavy (non-hydrogen) atoms. The molecule has 3 aliphatic rings. The Morgan fingerprint density at radius 2 is 1.55 bits per heavy atom. The molecule has 0 radical (unpaired) electrons. The average Bonchev–Trinajstić information content (AvgIpc) is 2.62. The largest absolute Gasteiger partial charge is 0.463 e. The molecule has 3 aliphatic carbocycles. The smallest absolute Gasteiger partial charge is 0.311 e. The van der Waals surface area contributed by atoms with Gasteiger partial charge in [-0.05, 0) is 73.5 Å². The lowest BCUT2D eigenvalue weighted by molar-refractivity contribution is -0.191. The fourth-order valence-electron chi connectivity index (χ4n) is 7.99. The Bertz CT molecular complexity index is 704. The van der Waals surface area contributed by atoms with Crippen LogP contribution in [0.3, 0.4) is 0 Å². The summed E-state index contributed by atoms with van der Waals surface area (Å²) in [6.07, 6.45) is 6.60. The molecule has 3 unspecified atom stereocenters. The summed E-state index contributed by atoms with van der Waals surface area (Å²) in [5, 5.41) is 10.0. The molecule has 3 saturated carbocycles. The zero-order valence-corrected chi connectivity index (χ0v) is 20.9. The van der Waals surface area contributed by atoms with Gasteiger partial charge < -0.3 is 14.6 Å². The van der Waals surface area contributed by atoms with Crippen molar-refractivity contribution in [2.75, 3.05) is 13.2 Å². The molecule has 0 aromatic carbocycles. The second kappa shape index (κ2) is 8.52. The standard InChI is InChI=1S/C25H41ClO5/c1-16(27)30-14-17(28)15-31-21(29)20-24(5)12-8-18-22(2,3)10-7-11-23(18,4)19(24)9-13-25(20,6)26/h17-20,28H,7-15H2,1-6H3/t17-,18?,19?,20?,23+,24-,25-/m0/s1. The number of rotatable bonds is 5. The number of hydrogen-bond donors (Lipinski definition) is 1. The molecule has 0 aliphatic heterocycles. The van der Waals surface area contributed by atoms with Crippen LogP contribution in [0.4, 0.5) is 0 Å². The number of ether oxygens (including phenoxy) is 2. The Labute approximate surface area is 192 Å². The third-order valence-electron chi connectivity index (χ3n) is 9.16. The highest BCUT2D eigenvalue weighted by Gasteiger charge is 2.65. The predicted molar refractivity (Wildman–Crippen MR) is 121 cm³/mol. The SMILES string of the molecule is CC(=O)OC[C@H](O)COC(=O)C1[C@@]2(C)CCC3C(C)(C)CCC[C@@]3(C)C2CC[C@]1(C)Cl. The monoisotopic (exact) mass is 456 g/mol. The van der Waals surface area contributed by atoms with Crippen molar-refractivity contribution in [3.8, 4) is 0 Å². The van der Waals surface area contributed by atoms with Crippen LogP contribution >= 0.6 is 11.6 Å². The van der Waals surface area contributed by atoms with Crippen LogP contribution in [0.2, 0.25) is 0 Å². The molecule has 0 aromatic heterocycles. The molecule has 178 valence electrons. The van der Waals surface area contributed by atoms with E-state index in [0.717, 1.165) is 25.7 Å². The van der Waals surface area contributed by atoms with Gasteiger partial charge in [0, 0.05) is 6.92 Å². The van der Waals surface area contributed by atoms with Crippen molar-refractivity contribution in [1.82, 2.24) is 0 Å². The quantitative estimate of drug-likeness (QED) is 0.459. The van der Waals surface area contributed by atoms with E-state index in [1.54, 1.807) is 0 Å². The van der Waals surface area contributed by atoms with Crippen LogP contribution in [-0.2, 0) is 19.1 Å². The molecule has 0 amide bonds. The van der Waals surface area contributed by atoms with Crippen LogP contribution in [-0.4, -0.2) is 41.2 Å². The van der Waals surface area contributed by atoms with Crippen molar-refractivity contribution < 1.29 is 24.2 Å². The Kier molecular flexibility index (Phi) is 6.82. The van der Waals surface area contributed by atoms with Crippen molar-refractivity contribution in [3.63, 3.8) is 0 Å². The number of aliphatic hydroxyl groups excluding tert-OH is 1. The summed E-state index contributed by atoms with van der Waals surface area (Å²) in [5.41, 5.74) is 0.299. The van der Waals surface area contributed by atoms with Gasteiger partial charge in [-0.2, -0.15) is 0 Å². The highest BCUT2D eigenvalue weighted by atomic mass is 35.5. The number of carbonyl (C=O) groups excluding carboxylic acids is 2. The first-order valence-corrected chi connectivity index (χ1v) is 12.3. The van der Waals surface area contributed by atoms with Gasteiger partial charge in [0.1, 0.15) is 19.3 Å². The maximum absolute atomic E-state index is 13.4. The molecule has 0 saturated heterocycles. The van der Waals surface area contributed by atoms with E-state index < -0.39 is 22.9 Å². The summed E-state index contributed by atoms with van der Waals surface area (Å²) in [6.45, 7) is 12.4. The third-order valence-corrected chi connectivity index (χ3v) is 9.56. The van der Waals surface area contributed by atoms with Gasteiger partial charge >= 0.3 is 11.9 Å². The fraction of sp³-hybridized carbons (Fsp3) is 0.920. The van der Waals surface area contributed by atoms with Gasteiger partial charge in [-0.15, -0.1) is 11.6 Å². The van der Waals surface area contributed by atoms with E-state index in [9.17, 15) is 14.7 Å². The number of halogens is 1. The van der Waals surface area contributed by atoms with Gasteiger partial charge in [0.15, 0.2) is 0 Å². The fourth-order valence-corrected chi connectivity index (χ4v) is 8.44. The summed E-state index contributed by atoms with van der Waals surface area (Å²) in [4.78, 5) is 23.7. The van der Waals surface area contributed by atoms with Crippen LogP contribution in [0.1, 0.15) is 86.5 Å². The molecule has 0 heterocycles. The molecule has 3 fully saturated rings. The number of aliphatic hydroxyl groups is 1. The lowest BCUT2D eigenvalue weighted by Crippen LogP contribution is -2.63. The van der Waals surface area contributed by atoms with Crippen molar-refractivity contribution in [2.45, 2.75) is 97.5 Å². The summed E-state index contributed by atoms with van der Waals surface area (Å²) in [7, 11) is 0. The maximum atomic E-state index is 13.4. The van der Waals surface area contributed by atoms with Crippen LogP contribution in [0.25, 0.3) is 0 Å². The van der Waals surface area contributed by atoms with E-state index in [2.05, 4.69) is 27.7 Å². The maximum Gasteiger partial charge on any atom is 0.311 e. The minimum Gasteiger partial charge on any atom is -0.463 e. The van der Waals surface area contributed by atoms with Gasteiger partial charge in [0.05, 0.1) is 10.8 Å². The Balaban J connectivity index is 1.82. The van der Waals surface area contributed by atoms with E-state index >= 15 is 0 Å². The predicted octanol–water partition coefficient (Wildman–Crippen LogP) is 5.11. The molecule has 0 spiro atoms. The van der Waals surface area contributed by atoms with Gasteiger partial charge in [-0.3, -0.25) is 9.59 Å². The van der Waals surface area contributed by atoms with Gasteiger partial charge in [0.2, 0.25) is 0 Å². The first kappa shape index (κ1) is 24.8. The molecule has 7 atom stereocenters. The van der Waals surface area contributed by atoms with E-state index in [1.165, 1.54) is 26.2 Å². The Hall–Kier alpha value is -0.810. The van der Waals surface area contributed by atoms with Crippen molar-refractivity contribution in [3.05, 3.63) is 0 Å². The van der Waals surface area contributed by atoms with Crippen molar-refractivity contribution in [1.29, 1.82) is 0 Å². The van der Waals surface area contributed by atoms with E-state index in [0.29, 0.717) is 17.3 Å². The third kappa shape index (κ3) is 4.51. The number of fused-ring (bicyclic) bond motifs is 3. The summed E-state index contributed by atoms with van der Waals surface area (Å²) in [5.74, 6) is -0.142. The van der Waals surface area contributed by atoms with Gasteiger partial charge in [0.25, 0.3) is 0 Å². The van der Waals surface area contributed by atoms with Crippen LogP contribution in [0.15, 0.2) is 0 Å². The second-order valence-electron chi connectivity index (χ2n) is 11.8. The van der Waals surface area contributed by atoms with Crippen LogP contribution < -0.4 is 0 Å². The summed E-state index contributed by atoms with van der Waals surface area (Å²) >= 11 is 7.00. The van der Waals surface area contributed by atoms with E-state index in [4.69, 9.17) is 21.1 Å². The molecular formula is C25H41ClO5. The van der Waals surface area contributed by atoms with Crippen LogP contribution in [0.5, 0.6) is 0 Å². The Morgan fingerprint density at radius 3 is 2.19 bits per heavy atom. The lowest BCUT2D eigenvalue weighted by Gasteiger charge is -2.66. The minimum atomic E-state index is -1.03. The molecule has 6 heteroatoms. The molecule has 5 nitrogen and oxygen atoms in total. The second-order valence-corrected chi connectivity index (χ2v) is 12.7. The first-order valence-electron chi connectivity index (χ1n) is 11.9. The van der Waals surface area contributed by atoms with Gasteiger partial charge in [-0.25, -0.2) is 0 Å². The average molecular weight is 457 g/mol. The molecule has 3 rings (SSSR count). The number of carbonyl (C=O) groups is 2. The highest BCUT2D eigenvalue weighted by molar-refractivity contribution is 6.25. The van der Waals surface area contributed by atoms with E-state index in [-0.39, 0.29) is 30.0 Å². The van der Waals surface area contributed by atoms with Crippen molar-refractivity contribution in [2.24, 2.45) is 34.0 Å². The highest BCUT2D eigenvalue weighted by Crippen LogP contribution is 2.70. The van der Waals surface area contributed by atoms with Gasteiger partial charge in [-0.1, -0.05) is 34.1 Å². The topological polar surface area (TPSA) is 72.8 Å². The normalized spacial score (nSPS) is 42.6. The lowest BCUT2D eigenvalue weighted by atomic mass is 9.38. The molecular weight excluding hydrogens is 416 g/mol. The summed E-state index contributed by atoms with van der Waals surface area (Å²) < 4.78 is 10.4. The first-order chi connectivity index (χ1) is 14.2. The Morgan fingerprint density at radius 1 is 0.935 bits per heavy atom. The van der Waals surface area contributed by atoms with E-state index in [1.807, 2.05) is 6.92 Å². The van der Waals surface area contributed by atoms with Crippen LogP contribution in [0, 0.1) is 34.0 Å². The zero-order valence-electron chi connectivity index (χ0n) is 20.1. The molecule has 0 aromatic rings. The summed E-state index contributed by atoms with van der Waals surface area (Å²) in [6, 6.07) is 0. The molecule has 0 bridgehead atoms. The van der Waals surface area contributed by atoms with Crippen molar-refractivity contribution >= 4 is 23.5 Å². The number of hydrogen-bond acceptors (Lipinski definition) is 5. The number of alkyl halides is 1. The zero-order chi connectivity index (χ0) is 23.2. The number of esters is 2. The minimum absolute atomic E-state index is 0.180.